The second kappa shape index (κ2) is 3.73. The van der Waals surface area contributed by atoms with Gasteiger partial charge >= 0.3 is 0 Å². The molecule has 0 radical (unpaired) electrons. The summed E-state index contributed by atoms with van der Waals surface area (Å²) in [7, 11) is 0. The molecule has 0 aromatic carbocycles. The summed E-state index contributed by atoms with van der Waals surface area (Å²) >= 11 is 0. The predicted octanol–water partition coefficient (Wildman–Crippen LogP) is 2.13. The Morgan fingerprint density at radius 3 is 3.12 bits per heavy atom. The minimum atomic E-state index is 0.232. The zero-order valence-corrected chi connectivity index (χ0v) is 10.8. The van der Waals surface area contributed by atoms with E-state index in [1.54, 1.807) is 0 Å². The first-order valence-electron chi connectivity index (χ1n) is 6.53. The highest BCUT2D eigenvalue weighted by Crippen LogP contribution is 2.53. The molecule has 1 aromatic rings. The van der Waals surface area contributed by atoms with Gasteiger partial charge in [0.2, 0.25) is 0 Å². The van der Waals surface area contributed by atoms with Gasteiger partial charge in [-0.1, -0.05) is 13.8 Å². The Bertz CT molecular complexity index is 413. The second-order valence-electron chi connectivity index (χ2n) is 5.77. The third-order valence-electron chi connectivity index (χ3n) is 4.38. The molecule has 0 bridgehead atoms. The van der Waals surface area contributed by atoms with Crippen molar-refractivity contribution < 1.29 is 4.74 Å². The van der Waals surface area contributed by atoms with Gasteiger partial charge in [-0.25, -0.2) is 0 Å². The molecule has 0 amide bonds. The fourth-order valence-corrected chi connectivity index (χ4v) is 3.41. The number of rotatable bonds is 3. The summed E-state index contributed by atoms with van der Waals surface area (Å²) in [5.41, 5.74) is 1.37. The molecule has 1 aliphatic heterocycles. The first-order chi connectivity index (χ1) is 8.13. The fraction of sp³-hybridized carbons (Fsp3) is 0.769. The maximum Gasteiger partial charge on any atom is 0.0728 e. The van der Waals surface area contributed by atoms with E-state index in [9.17, 15) is 0 Å². The van der Waals surface area contributed by atoms with Crippen molar-refractivity contribution in [2.75, 3.05) is 11.9 Å². The summed E-state index contributed by atoms with van der Waals surface area (Å²) in [4.78, 5) is 0. The molecule has 2 heterocycles. The lowest BCUT2D eigenvalue weighted by Gasteiger charge is -2.54. The highest BCUT2D eigenvalue weighted by molar-refractivity contribution is 5.42. The van der Waals surface area contributed by atoms with Gasteiger partial charge in [-0.2, -0.15) is 5.10 Å². The van der Waals surface area contributed by atoms with Gasteiger partial charge in [0.15, 0.2) is 0 Å². The molecule has 0 spiro atoms. The molecule has 4 nitrogen and oxygen atoms in total. The van der Waals surface area contributed by atoms with Gasteiger partial charge in [0.05, 0.1) is 18.0 Å². The molecule has 94 valence electrons. The van der Waals surface area contributed by atoms with Gasteiger partial charge in [-0.15, -0.1) is 0 Å². The molecule has 3 atom stereocenters. The summed E-state index contributed by atoms with van der Waals surface area (Å²) in [5, 5.41) is 7.93. The number of nitrogens with zero attached hydrogens (tertiary/aromatic N) is 2. The van der Waals surface area contributed by atoms with E-state index in [0.29, 0.717) is 18.1 Å². The van der Waals surface area contributed by atoms with Crippen molar-refractivity contribution in [2.24, 2.45) is 11.3 Å². The summed E-state index contributed by atoms with van der Waals surface area (Å²) in [6.07, 6.45) is 5.64. The van der Waals surface area contributed by atoms with Gasteiger partial charge in [0.1, 0.15) is 0 Å². The van der Waals surface area contributed by atoms with Crippen LogP contribution in [-0.4, -0.2) is 28.5 Å². The van der Waals surface area contributed by atoms with Crippen molar-refractivity contribution >= 4 is 5.69 Å². The molecule has 17 heavy (non-hydrogen) atoms. The van der Waals surface area contributed by atoms with E-state index >= 15 is 0 Å². The van der Waals surface area contributed by atoms with Crippen molar-refractivity contribution in [3.63, 3.8) is 0 Å². The zero-order valence-electron chi connectivity index (χ0n) is 10.8. The quantitative estimate of drug-likeness (QED) is 0.872. The molecular formula is C13H21N3O. The summed E-state index contributed by atoms with van der Waals surface area (Å²) in [6.45, 7) is 8.53. The minimum Gasteiger partial charge on any atom is -0.379 e. The van der Waals surface area contributed by atoms with Gasteiger partial charge in [0, 0.05) is 36.7 Å². The van der Waals surface area contributed by atoms with E-state index in [4.69, 9.17) is 4.74 Å². The average molecular weight is 235 g/mol. The van der Waals surface area contributed by atoms with E-state index in [1.807, 2.05) is 10.9 Å². The standard InChI is InChI=1S/C13H21N3O/c1-4-16-8-9(7-14-16)15-11-10-5-6-17-12(10)13(11,2)3/h7-8,10-12,15H,4-6H2,1-3H3. The maximum absolute atomic E-state index is 5.80. The van der Waals surface area contributed by atoms with E-state index < -0.39 is 0 Å². The minimum absolute atomic E-state index is 0.232. The lowest BCUT2D eigenvalue weighted by Crippen LogP contribution is -2.63. The molecule has 1 saturated heterocycles. The lowest BCUT2D eigenvalue weighted by molar-refractivity contribution is -0.0923. The molecular weight excluding hydrogens is 214 g/mol. The van der Waals surface area contributed by atoms with Crippen LogP contribution in [0.1, 0.15) is 27.2 Å². The van der Waals surface area contributed by atoms with Crippen LogP contribution in [0.25, 0.3) is 0 Å². The van der Waals surface area contributed by atoms with Crippen LogP contribution in [0, 0.1) is 11.3 Å². The van der Waals surface area contributed by atoms with Crippen LogP contribution in [0.5, 0.6) is 0 Å². The van der Waals surface area contributed by atoms with E-state index in [-0.39, 0.29) is 5.41 Å². The number of hydrogen-bond donors (Lipinski definition) is 1. The molecule has 1 aliphatic carbocycles. The Morgan fingerprint density at radius 1 is 1.59 bits per heavy atom. The van der Waals surface area contributed by atoms with Crippen molar-refractivity contribution in [3.8, 4) is 0 Å². The van der Waals surface area contributed by atoms with Gasteiger partial charge in [-0.05, 0) is 13.3 Å². The fourth-order valence-electron chi connectivity index (χ4n) is 3.41. The maximum atomic E-state index is 5.80. The molecule has 4 heteroatoms. The third kappa shape index (κ3) is 1.58. The number of fused-ring (bicyclic) bond motifs is 1. The molecule has 2 aliphatic rings. The molecule has 1 N–H and O–H groups in total. The zero-order chi connectivity index (χ0) is 12.0. The number of aryl methyl sites for hydroxylation is 1. The van der Waals surface area contributed by atoms with E-state index in [1.165, 1.54) is 6.42 Å². The molecule has 1 saturated carbocycles. The SMILES string of the molecule is CCn1cc(NC2C3CCOC3C2(C)C)cn1. The third-order valence-corrected chi connectivity index (χ3v) is 4.38. The Hall–Kier alpha value is -1.03. The van der Waals surface area contributed by atoms with E-state index in [0.717, 1.165) is 18.8 Å². The molecule has 3 unspecified atom stereocenters. The van der Waals surface area contributed by atoms with Crippen LogP contribution in [0.4, 0.5) is 5.69 Å². The number of anilines is 1. The van der Waals surface area contributed by atoms with Crippen LogP contribution < -0.4 is 5.32 Å². The first-order valence-corrected chi connectivity index (χ1v) is 6.53. The summed E-state index contributed by atoms with van der Waals surface area (Å²) < 4.78 is 7.76. The predicted molar refractivity (Wildman–Crippen MR) is 66.9 cm³/mol. The summed E-state index contributed by atoms with van der Waals surface area (Å²) in [5.74, 6) is 0.676. The Morgan fingerprint density at radius 2 is 2.41 bits per heavy atom. The summed E-state index contributed by atoms with van der Waals surface area (Å²) in [6, 6.07) is 0.518. The van der Waals surface area contributed by atoms with Crippen LogP contribution in [0.15, 0.2) is 12.4 Å². The number of hydrogen-bond acceptors (Lipinski definition) is 3. The van der Waals surface area contributed by atoms with Crippen LogP contribution >= 0.6 is 0 Å². The topological polar surface area (TPSA) is 39.1 Å². The van der Waals surface area contributed by atoms with Crippen molar-refractivity contribution in [1.29, 1.82) is 0 Å². The molecule has 2 fully saturated rings. The normalized spacial score (nSPS) is 34.2. The Balaban J connectivity index is 1.73. The Kier molecular flexibility index (Phi) is 2.43. The Labute approximate surface area is 102 Å². The van der Waals surface area contributed by atoms with Gasteiger partial charge in [0.25, 0.3) is 0 Å². The largest absolute Gasteiger partial charge is 0.379 e. The van der Waals surface area contributed by atoms with Crippen molar-refractivity contribution in [2.45, 2.75) is 45.9 Å². The highest BCUT2D eigenvalue weighted by Gasteiger charge is 2.59. The monoisotopic (exact) mass is 235 g/mol. The van der Waals surface area contributed by atoms with Crippen LogP contribution in [0.3, 0.4) is 0 Å². The van der Waals surface area contributed by atoms with Crippen LogP contribution in [-0.2, 0) is 11.3 Å². The lowest BCUT2D eigenvalue weighted by atomic mass is 9.57. The molecule has 1 aromatic heterocycles. The van der Waals surface area contributed by atoms with E-state index in [2.05, 4.69) is 37.4 Å². The van der Waals surface area contributed by atoms with Crippen molar-refractivity contribution in [1.82, 2.24) is 9.78 Å². The number of ether oxygens (including phenoxy) is 1. The van der Waals surface area contributed by atoms with Gasteiger partial charge in [-0.3, -0.25) is 4.68 Å². The second-order valence-corrected chi connectivity index (χ2v) is 5.77. The smallest absolute Gasteiger partial charge is 0.0728 e. The first kappa shape index (κ1) is 11.1. The number of nitrogens with one attached hydrogen (secondary N) is 1. The van der Waals surface area contributed by atoms with Crippen molar-refractivity contribution in [3.05, 3.63) is 12.4 Å². The number of aromatic nitrogens is 2. The average Bonchev–Trinajstić information content (AvgIpc) is 2.93. The molecule has 3 rings (SSSR count). The highest BCUT2D eigenvalue weighted by atomic mass is 16.5. The van der Waals surface area contributed by atoms with Crippen LogP contribution in [0.2, 0.25) is 0 Å². The van der Waals surface area contributed by atoms with Gasteiger partial charge < -0.3 is 10.1 Å².